The number of fused-ring (bicyclic) bond motifs is 1. The maximum Gasteiger partial charge on any atom is 0.341 e. The van der Waals surface area contributed by atoms with E-state index in [4.69, 9.17) is 19.3 Å². The number of amides is 1. The zero-order chi connectivity index (χ0) is 19.2. The molecule has 2 aromatic carbocycles. The molecule has 142 valence electrons. The lowest BCUT2D eigenvalue weighted by Crippen LogP contribution is -2.49. The molecule has 1 aliphatic rings. The molecular formula is C20H21NO6. The van der Waals surface area contributed by atoms with Gasteiger partial charge in [0.15, 0.2) is 18.1 Å². The van der Waals surface area contributed by atoms with Crippen molar-refractivity contribution in [1.82, 2.24) is 5.32 Å². The van der Waals surface area contributed by atoms with Crippen LogP contribution < -0.4 is 19.5 Å². The van der Waals surface area contributed by atoms with Crippen molar-refractivity contribution >= 4 is 11.9 Å². The number of carboxylic acid groups (broad SMARTS) is 1. The Morgan fingerprint density at radius 3 is 2.41 bits per heavy atom. The minimum atomic E-state index is -1.02. The highest BCUT2D eigenvalue weighted by Gasteiger charge is 2.33. The molecule has 0 radical (unpaired) electrons. The van der Waals surface area contributed by atoms with E-state index in [2.05, 4.69) is 5.32 Å². The maximum atomic E-state index is 12.4. The van der Waals surface area contributed by atoms with Crippen molar-refractivity contribution in [1.29, 1.82) is 0 Å². The SMILES string of the molecule is C[C@@H]1Oc2ccccc2O[C@@H]1C(=O)NCCc1ccc(OCC(=O)O)cc1. The van der Waals surface area contributed by atoms with E-state index >= 15 is 0 Å². The van der Waals surface area contributed by atoms with Crippen LogP contribution in [0.15, 0.2) is 48.5 Å². The van der Waals surface area contributed by atoms with E-state index in [0.717, 1.165) is 5.56 Å². The van der Waals surface area contributed by atoms with Gasteiger partial charge in [0, 0.05) is 6.54 Å². The van der Waals surface area contributed by atoms with Gasteiger partial charge in [-0.05, 0) is 43.2 Å². The van der Waals surface area contributed by atoms with Gasteiger partial charge < -0.3 is 24.6 Å². The molecule has 2 atom stereocenters. The third-order valence-electron chi connectivity index (χ3n) is 4.10. The first kappa shape index (κ1) is 18.6. The van der Waals surface area contributed by atoms with E-state index < -0.39 is 12.1 Å². The molecule has 2 aromatic rings. The van der Waals surface area contributed by atoms with E-state index in [1.807, 2.05) is 30.3 Å². The van der Waals surface area contributed by atoms with Crippen LogP contribution in [0.2, 0.25) is 0 Å². The lowest BCUT2D eigenvalue weighted by atomic mass is 10.1. The molecule has 0 spiro atoms. The molecule has 0 fully saturated rings. The Hall–Kier alpha value is -3.22. The van der Waals surface area contributed by atoms with E-state index in [-0.39, 0.29) is 18.6 Å². The molecule has 7 nitrogen and oxygen atoms in total. The van der Waals surface area contributed by atoms with Crippen molar-refractivity contribution in [3.8, 4) is 17.2 Å². The van der Waals surface area contributed by atoms with Crippen molar-refractivity contribution in [2.24, 2.45) is 0 Å². The normalized spacial score (nSPS) is 17.8. The second-order valence-corrected chi connectivity index (χ2v) is 6.18. The van der Waals surface area contributed by atoms with Crippen LogP contribution >= 0.6 is 0 Å². The summed E-state index contributed by atoms with van der Waals surface area (Å²) in [5.74, 6) is 0.448. The third-order valence-corrected chi connectivity index (χ3v) is 4.10. The highest BCUT2D eigenvalue weighted by molar-refractivity contribution is 5.82. The molecule has 0 bridgehead atoms. The first-order chi connectivity index (χ1) is 13.0. The predicted molar refractivity (Wildman–Crippen MR) is 97.2 cm³/mol. The lowest BCUT2D eigenvalue weighted by molar-refractivity contribution is -0.139. The van der Waals surface area contributed by atoms with E-state index in [1.165, 1.54) is 0 Å². The molecule has 0 saturated carbocycles. The molecule has 0 aliphatic carbocycles. The number of ether oxygens (including phenoxy) is 3. The van der Waals surface area contributed by atoms with Crippen molar-refractivity contribution < 1.29 is 28.9 Å². The Labute approximate surface area is 156 Å². The average molecular weight is 371 g/mol. The topological polar surface area (TPSA) is 94.1 Å². The van der Waals surface area contributed by atoms with Crippen LogP contribution in [0.1, 0.15) is 12.5 Å². The highest BCUT2D eigenvalue weighted by Crippen LogP contribution is 2.33. The Morgan fingerprint density at radius 1 is 1.07 bits per heavy atom. The molecule has 1 heterocycles. The first-order valence-corrected chi connectivity index (χ1v) is 8.66. The monoisotopic (exact) mass is 371 g/mol. The summed E-state index contributed by atoms with van der Waals surface area (Å²) in [6, 6.07) is 14.3. The summed E-state index contributed by atoms with van der Waals surface area (Å²) in [5.41, 5.74) is 0.997. The molecule has 0 saturated heterocycles. The number of aliphatic carboxylic acids is 1. The zero-order valence-corrected chi connectivity index (χ0v) is 14.9. The highest BCUT2D eigenvalue weighted by atomic mass is 16.6. The van der Waals surface area contributed by atoms with Gasteiger partial charge in [-0.1, -0.05) is 24.3 Å². The van der Waals surface area contributed by atoms with Gasteiger partial charge in [-0.25, -0.2) is 4.79 Å². The average Bonchev–Trinajstić information content (AvgIpc) is 2.66. The van der Waals surface area contributed by atoms with Gasteiger partial charge in [0.2, 0.25) is 6.10 Å². The Kier molecular flexibility index (Phi) is 5.80. The molecule has 0 aromatic heterocycles. The van der Waals surface area contributed by atoms with Crippen LogP contribution in [-0.4, -0.2) is 42.3 Å². The van der Waals surface area contributed by atoms with Crippen LogP contribution in [0.25, 0.3) is 0 Å². The molecule has 1 aliphatic heterocycles. The summed E-state index contributed by atoms with van der Waals surface area (Å²) in [7, 11) is 0. The number of benzene rings is 2. The largest absolute Gasteiger partial charge is 0.482 e. The number of carbonyl (C=O) groups is 2. The van der Waals surface area contributed by atoms with Gasteiger partial charge in [-0.3, -0.25) is 4.79 Å². The summed E-state index contributed by atoms with van der Waals surface area (Å²) < 4.78 is 16.6. The fourth-order valence-electron chi connectivity index (χ4n) is 2.73. The minimum absolute atomic E-state index is 0.224. The second-order valence-electron chi connectivity index (χ2n) is 6.18. The number of hydrogen-bond acceptors (Lipinski definition) is 5. The van der Waals surface area contributed by atoms with Crippen molar-refractivity contribution in [2.45, 2.75) is 25.6 Å². The number of hydrogen-bond donors (Lipinski definition) is 2. The summed E-state index contributed by atoms with van der Waals surface area (Å²) in [4.78, 5) is 22.9. The van der Waals surface area contributed by atoms with E-state index in [9.17, 15) is 9.59 Å². The van der Waals surface area contributed by atoms with E-state index in [0.29, 0.717) is 30.2 Å². The van der Waals surface area contributed by atoms with Crippen LogP contribution in [0.5, 0.6) is 17.2 Å². The van der Waals surface area contributed by atoms with Crippen molar-refractivity contribution in [3.63, 3.8) is 0 Å². The molecule has 3 rings (SSSR count). The van der Waals surface area contributed by atoms with Crippen LogP contribution in [0.3, 0.4) is 0 Å². The molecule has 7 heteroatoms. The molecule has 1 amide bonds. The molecular weight excluding hydrogens is 350 g/mol. The van der Waals surface area contributed by atoms with Gasteiger partial charge >= 0.3 is 5.97 Å². The van der Waals surface area contributed by atoms with Gasteiger partial charge in [0.05, 0.1) is 0 Å². The summed E-state index contributed by atoms with van der Waals surface area (Å²) in [5, 5.41) is 11.5. The zero-order valence-electron chi connectivity index (χ0n) is 14.9. The number of carbonyl (C=O) groups excluding carboxylic acids is 1. The second kappa shape index (κ2) is 8.44. The number of carboxylic acids is 1. The fourth-order valence-corrected chi connectivity index (χ4v) is 2.73. The Morgan fingerprint density at radius 2 is 1.74 bits per heavy atom. The van der Waals surface area contributed by atoms with Crippen LogP contribution in [0, 0.1) is 0 Å². The molecule has 2 N–H and O–H groups in total. The Bertz CT molecular complexity index is 804. The quantitative estimate of drug-likeness (QED) is 0.774. The van der Waals surface area contributed by atoms with Crippen molar-refractivity contribution in [3.05, 3.63) is 54.1 Å². The van der Waals surface area contributed by atoms with Crippen LogP contribution in [-0.2, 0) is 16.0 Å². The predicted octanol–water partition coefficient (Wildman–Crippen LogP) is 2.04. The first-order valence-electron chi connectivity index (χ1n) is 8.66. The number of para-hydroxylation sites is 2. The van der Waals surface area contributed by atoms with Gasteiger partial charge in [0.25, 0.3) is 5.91 Å². The maximum absolute atomic E-state index is 12.4. The Balaban J connectivity index is 1.47. The van der Waals surface area contributed by atoms with Crippen LogP contribution in [0.4, 0.5) is 0 Å². The molecule has 0 unspecified atom stereocenters. The van der Waals surface area contributed by atoms with Gasteiger partial charge in [-0.2, -0.15) is 0 Å². The molecule has 27 heavy (non-hydrogen) atoms. The smallest absolute Gasteiger partial charge is 0.341 e. The number of nitrogens with one attached hydrogen (secondary N) is 1. The summed E-state index contributed by atoms with van der Waals surface area (Å²) in [6.07, 6.45) is -0.457. The third kappa shape index (κ3) is 4.91. The standard InChI is InChI=1S/C20H21NO6/c1-13-19(27-17-5-3-2-4-16(17)26-13)20(24)21-11-10-14-6-8-15(9-7-14)25-12-18(22)23/h2-9,13,19H,10-12H2,1H3,(H,21,24)(H,22,23)/t13-,19-/m0/s1. The fraction of sp³-hybridized carbons (Fsp3) is 0.300. The minimum Gasteiger partial charge on any atom is -0.482 e. The van der Waals surface area contributed by atoms with Gasteiger partial charge in [0.1, 0.15) is 11.9 Å². The number of rotatable bonds is 7. The van der Waals surface area contributed by atoms with Gasteiger partial charge in [-0.15, -0.1) is 0 Å². The summed E-state index contributed by atoms with van der Waals surface area (Å²) >= 11 is 0. The summed E-state index contributed by atoms with van der Waals surface area (Å²) in [6.45, 7) is 1.87. The van der Waals surface area contributed by atoms with Crippen molar-refractivity contribution in [2.75, 3.05) is 13.2 Å². The lowest BCUT2D eigenvalue weighted by Gasteiger charge is -2.31. The van der Waals surface area contributed by atoms with E-state index in [1.54, 1.807) is 25.1 Å².